The van der Waals surface area contributed by atoms with Crippen LogP contribution in [0.4, 0.5) is 4.39 Å². The van der Waals surface area contributed by atoms with E-state index in [-0.39, 0.29) is 11.6 Å². The van der Waals surface area contributed by atoms with Crippen molar-refractivity contribution in [2.24, 2.45) is 0 Å². The molecule has 2 aromatic rings. The Morgan fingerprint density at radius 2 is 1.90 bits per heavy atom. The second kappa shape index (κ2) is 7.36. The van der Waals surface area contributed by atoms with Crippen molar-refractivity contribution in [3.05, 3.63) is 63.9 Å². The second-order valence-electron chi connectivity index (χ2n) is 4.79. The van der Waals surface area contributed by atoms with E-state index in [0.29, 0.717) is 30.8 Å². The number of carbonyl (C=O) groups is 1. The van der Waals surface area contributed by atoms with Gasteiger partial charge < -0.3 is 4.74 Å². The molecule has 0 aliphatic rings. The highest BCUT2D eigenvalue weighted by Crippen LogP contribution is 2.19. The number of halogens is 2. The van der Waals surface area contributed by atoms with Crippen LogP contribution in [0.3, 0.4) is 0 Å². The predicted octanol–water partition coefficient (Wildman–Crippen LogP) is 4.94. The Kier molecular flexibility index (Phi) is 5.51. The Balaban J connectivity index is 1.80. The lowest BCUT2D eigenvalue weighted by Gasteiger charge is -2.08. The molecule has 0 amide bonds. The summed E-state index contributed by atoms with van der Waals surface area (Å²) in [5.74, 6) is 0.301. The van der Waals surface area contributed by atoms with Crippen molar-refractivity contribution in [2.75, 3.05) is 6.61 Å². The molecule has 0 saturated carbocycles. The molecule has 4 heteroatoms. The number of rotatable bonds is 6. The SMILES string of the molecule is Cc1ccc(F)cc1OCCCC(=O)c1ccc(Br)cc1. The summed E-state index contributed by atoms with van der Waals surface area (Å²) in [4.78, 5) is 12.0. The molecule has 0 saturated heterocycles. The van der Waals surface area contributed by atoms with E-state index in [0.717, 1.165) is 10.0 Å². The zero-order valence-electron chi connectivity index (χ0n) is 11.7. The number of hydrogen-bond donors (Lipinski definition) is 0. The molecule has 0 unspecified atom stereocenters. The van der Waals surface area contributed by atoms with E-state index in [9.17, 15) is 9.18 Å². The van der Waals surface area contributed by atoms with Gasteiger partial charge >= 0.3 is 0 Å². The maximum atomic E-state index is 13.1. The lowest BCUT2D eigenvalue weighted by molar-refractivity contribution is 0.0973. The summed E-state index contributed by atoms with van der Waals surface area (Å²) >= 11 is 3.33. The van der Waals surface area contributed by atoms with Crippen LogP contribution in [-0.4, -0.2) is 12.4 Å². The molecule has 0 aliphatic heterocycles. The number of Topliss-reactive ketones (excluding diaryl/α,β-unsaturated/α-hetero) is 1. The Morgan fingerprint density at radius 3 is 2.62 bits per heavy atom. The van der Waals surface area contributed by atoms with Crippen LogP contribution < -0.4 is 4.74 Å². The topological polar surface area (TPSA) is 26.3 Å². The predicted molar refractivity (Wildman–Crippen MR) is 84.3 cm³/mol. The summed E-state index contributed by atoms with van der Waals surface area (Å²) < 4.78 is 19.6. The third kappa shape index (κ3) is 4.67. The van der Waals surface area contributed by atoms with Crippen molar-refractivity contribution < 1.29 is 13.9 Å². The number of ether oxygens (including phenoxy) is 1. The van der Waals surface area contributed by atoms with E-state index in [4.69, 9.17) is 4.74 Å². The maximum Gasteiger partial charge on any atom is 0.163 e. The average Bonchev–Trinajstić information content (AvgIpc) is 2.47. The maximum absolute atomic E-state index is 13.1. The minimum absolute atomic E-state index is 0.0852. The van der Waals surface area contributed by atoms with Crippen molar-refractivity contribution >= 4 is 21.7 Å². The lowest BCUT2D eigenvalue weighted by atomic mass is 10.1. The molecule has 0 atom stereocenters. The average molecular weight is 351 g/mol. The molecule has 0 aliphatic carbocycles. The van der Waals surface area contributed by atoms with E-state index in [1.165, 1.54) is 12.1 Å². The van der Waals surface area contributed by atoms with Gasteiger partial charge in [-0.2, -0.15) is 0 Å². The molecule has 2 nitrogen and oxygen atoms in total. The van der Waals surface area contributed by atoms with Crippen LogP contribution in [0.5, 0.6) is 5.75 Å². The number of benzene rings is 2. The molecule has 0 fully saturated rings. The van der Waals surface area contributed by atoms with Gasteiger partial charge in [-0.3, -0.25) is 4.79 Å². The van der Waals surface area contributed by atoms with E-state index in [2.05, 4.69) is 15.9 Å². The van der Waals surface area contributed by atoms with Gasteiger partial charge in [0.1, 0.15) is 11.6 Å². The fourth-order valence-electron chi connectivity index (χ4n) is 1.92. The van der Waals surface area contributed by atoms with Gasteiger partial charge in [0.05, 0.1) is 6.61 Å². The summed E-state index contributed by atoms with van der Waals surface area (Å²) in [5.41, 5.74) is 1.58. The Morgan fingerprint density at radius 1 is 1.19 bits per heavy atom. The van der Waals surface area contributed by atoms with Crippen molar-refractivity contribution in [3.63, 3.8) is 0 Å². The first kappa shape index (κ1) is 15.7. The molecule has 0 bridgehead atoms. The Hall–Kier alpha value is -1.68. The number of carbonyl (C=O) groups excluding carboxylic acids is 1. The lowest BCUT2D eigenvalue weighted by Crippen LogP contribution is -2.04. The molecule has 0 radical (unpaired) electrons. The number of ketones is 1. The summed E-state index contributed by atoms with van der Waals surface area (Å²) in [6.07, 6.45) is 1.01. The monoisotopic (exact) mass is 350 g/mol. The van der Waals surface area contributed by atoms with Gasteiger partial charge in [0.15, 0.2) is 5.78 Å². The van der Waals surface area contributed by atoms with Crippen LogP contribution >= 0.6 is 15.9 Å². The minimum Gasteiger partial charge on any atom is -0.493 e. The van der Waals surface area contributed by atoms with Crippen molar-refractivity contribution in [1.29, 1.82) is 0 Å². The molecule has 2 aromatic carbocycles. The van der Waals surface area contributed by atoms with Gasteiger partial charge in [0.25, 0.3) is 0 Å². The van der Waals surface area contributed by atoms with Gasteiger partial charge in [0.2, 0.25) is 0 Å². The highest BCUT2D eigenvalue weighted by atomic mass is 79.9. The van der Waals surface area contributed by atoms with E-state index in [1.807, 2.05) is 19.1 Å². The largest absolute Gasteiger partial charge is 0.493 e. The highest BCUT2D eigenvalue weighted by Gasteiger charge is 2.06. The molecular formula is C17H16BrFO2. The molecule has 0 heterocycles. The molecule has 2 rings (SSSR count). The zero-order chi connectivity index (χ0) is 15.2. The normalized spacial score (nSPS) is 10.4. The van der Waals surface area contributed by atoms with Crippen LogP contribution in [0.15, 0.2) is 46.9 Å². The minimum atomic E-state index is -0.318. The zero-order valence-corrected chi connectivity index (χ0v) is 13.3. The smallest absolute Gasteiger partial charge is 0.163 e. The van der Waals surface area contributed by atoms with Crippen molar-refractivity contribution in [3.8, 4) is 5.75 Å². The first-order valence-electron chi connectivity index (χ1n) is 6.74. The molecule has 0 spiro atoms. The van der Waals surface area contributed by atoms with Gasteiger partial charge in [-0.05, 0) is 37.1 Å². The fraction of sp³-hybridized carbons (Fsp3) is 0.235. The highest BCUT2D eigenvalue weighted by molar-refractivity contribution is 9.10. The molecule has 0 aromatic heterocycles. The van der Waals surface area contributed by atoms with Gasteiger partial charge in [-0.15, -0.1) is 0 Å². The quantitative estimate of drug-likeness (QED) is 0.544. The van der Waals surface area contributed by atoms with E-state index >= 15 is 0 Å². The van der Waals surface area contributed by atoms with Gasteiger partial charge in [0, 0.05) is 22.5 Å². The van der Waals surface area contributed by atoms with Crippen LogP contribution in [0.25, 0.3) is 0 Å². The van der Waals surface area contributed by atoms with E-state index < -0.39 is 0 Å². The second-order valence-corrected chi connectivity index (χ2v) is 5.71. The Bertz CT molecular complexity index is 623. The summed E-state index contributed by atoms with van der Waals surface area (Å²) in [7, 11) is 0. The fourth-order valence-corrected chi connectivity index (χ4v) is 2.19. The number of aryl methyl sites for hydroxylation is 1. The van der Waals surface area contributed by atoms with Crippen molar-refractivity contribution in [2.45, 2.75) is 19.8 Å². The van der Waals surface area contributed by atoms with Crippen molar-refractivity contribution in [1.82, 2.24) is 0 Å². The summed E-state index contributed by atoms with van der Waals surface area (Å²) in [6.45, 7) is 2.26. The standard InChI is InChI=1S/C17H16BrFO2/c1-12-4-9-15(19)11-17(12)21-10-2-3-16(20)13-5-7-14(18)8-6-13/h4-9,11H,2-3,10H2,1H3. The summed E-state index contributed by atoms with van der Waals surface area (Å²) in [6, 6.07) is 11.7. The summed E-state index contributed by atoms with van der Waals surface area (Å²) in [5, 5.41) is 0. The molecular weight excluding hydrogens is 335 g/mol. The first-order valence-corrected chi connectivity index (χ1v) is 7.53. The van der Waals surface area contributed by atoms with Gasteiger partial charge in [-0.1, -0.05) is 34.1 Å². The molecule has 110 valence electrons. The molecule has 0 N–H and O–H groups in total. The molecule has 21 heavy (non-hydrogen) atoms. The van der Waals surface area contributed by atoms with E-state index in [1.54, 1.807) is 18.2 Å². The first-order chi connectivity index (χ1) is 10.1. The van der Waals surface area contributed by atoms with Crippen LogP contribution in [0, 0.1) is 12.7 Å². The third-order valence-electron chi connectivity index (χ3n) is 3.12. The van der Waals surface area contributed by atoms with Crippen LogP contribution in [0.1, 0.15) is 28.8 Å². The Labute approximate surface area is 132 Å². The van der Waals surface area contributed by atoms with Crippen LogP contribution in [-0.2, 0) is 0 Å². The van der Waals surface area contributed by atoms with Crippen LogP contribution in [0.2, 0.25) is 0 Å². The number of hydrogen-bond acceptors (Lipinski definition) is 2. The third-order valence-corrected chi connectivity index (χ3v) is 3.65. The van der Waals surface area contributed by atoms with Gasteiger partial charge in [-0.25, -0.2) is 4.39 Å².